The molecule has 0 radical (unpaired) electrons. The second-order valence-electron chi connectivity index (χ2n) is 3.33. The molecule has 1 aromatic rings. The number of rotatable bonds is 4. The van der Waals surface area contributed by atoms with E-state index in [0.29, 0.717) is 5.75 Å². The fraction of sp³-hybridized carbons (Fsp3) is 0.364. The second kappa shape index (κ2) is 5.07. The molecule has 1 N–H and O–H groups in total. The van der Waals surface area contributed by atoms with Gasteiger partial charge < -0.3 is 9.84 Å². The van der Waals surface area contributed by atoms with Crippen LogP contribution in [0.1, 0.15) is 24.2 Å². The standard InChI is InChI=1S/C11H14O3S/c1-7(2)14-10-5-4-8(15-3)6-9(10)11(12)13/h4-7H,1-3H3,(H,12,13). The van der Waals surface area contributed by atoms with E-state index in [0.717, 1.165) is 4.90 Å². The summed E-state index contributed by atoms with van der Waals surface area (Å²) in [6, 6.07) is 5.19. The van der Waals surface area contributed by atoms with Crippen LogP contribution < -0.4 is 4.74 Å². The molecule has 0 aliphatic rings. The summed E-state index contributed by atoms with van der Waals surface area (Å²) in [5, 5.41) is 9.01. The van der Waals surface area contributed by atoms with Crippen molar-refractivity contribution < 1.29 is 14.6 Å². The molecule has 0 aliphatic carbocycles. The largest absolute Gasteiger partial charge is 0.490 e. The third-order valence-electron chi connectivity index (χ3n) is 1.78. The van der Waals surface area contributed by atoms with E-state index in [1.165, 1.54) is 11.8 Å². The van der Waals surface area contributed by atoms with Crippen molar-refractivity contribution in [3.8, 4) is 5.75 Å². The molecule has 0 saturated carbocycles. The van der Waals surface area contributed by atoms with Gasteiger partial charge in [-0.3, -0.25) is 0 Å². The molecule has 0 amide bonds. The lowest BCUT2D eigenvalue weighted by molar-refractivity contribution is 0.0690. The summed E-state index contributed by atoms with van der Waals surface area (Å²) in [5.74, 6) is -0.531. The molecule has 4 heteroatoms. The van der Waals surface area contributed by atoms with Gasteiger partial charge in [0, 0.05) is 4.90 Å². The normalized spacial score (nSPS) is 10.4. The van der Waals surface area contributed by atoms with Crippen LogP contribution in [-0.4, -0.2) is 23.4 Å². The Kier molecular flexibility index (Phi) is 4.03. The number of hydrogen-bond donors (Lipinski definition) is 1. The highest BCUT2D eigenvalue weighted by molar-refractivity contribution is 7.98. The second-order valence-corrected chi connectivity index (χ2v) is 4.21. The Morgan fingerprint density at radius 2 is 2.13 bits per heavy atom. The van der Waals surface area contributed by atoms with E-state index >= 15 is 0 Å². The number of thioether (sulfide) groups is 1. The number of aromatic carboxylic acids is 1. The Bertz CT molecular complexity index is 361. The molecule has 82 valence electrons. The molecule has 0 heterocycles. The van der Waals surface area contributed by atoms with E-state index in [1.54, 1.807) is 12.1 Å². The van der Waals surface area contributed by atoms with Gasteiger partial charge in [-0.15, -0.1) is 11.8 Å². The lowest BCUT2D eigenvalue weighted by Gasteiger charge is -2.12. The number of hydrogen-bond acceptors (Lipinski definition) is 3. The molecule has 3 nitrogen and oxygen atoms in total. The van der Waals surface area contributed by atoms with Crippen molar-refractivity contribution in [2.75, 3.05) is 6.26 Å². The van der Waals surface area contributed by atoms with Crippen LogP contribution in [0.5, 0.6) is 5.75 Å². The maximum atomic E-state index is 11.0. The molecule has 1 rings (SSSR count). The number of carboxylic acid groups (broad SMARTS) is 1. The molecule has 1 aromatic carbocycles. The van der Waals surface area contributed by atoms with Crippen LogP contribution in [-0.2, 0) is 0 Å². The first-order valence-corrected chi connectivity index (χ1v) is 5.85. The minimum absolute atomic E-state index is 0.0248. The molecule has 0 unspecified atom stereocenters. The molecule has 0 aromatic heterocycles. The van der Waals surface area contributed by atoms with Crippen LogP contribution in [0.25, 0.3) is 0 Å². The Labute approximate surface area is 93.4 Å². The first-order chi connectivity index (χ1) is 7.04. The Morgan fingerprint density at radius 3 is 2.60 bits per heavy atom. The van der Waals surface area contributed by atoms with Gasteiger partial charge >= 0.3 is 5.97 Å². The summed E-state index contributed by atoms with van der Waals surface area (Å²) in [6.07, 6.45) is 1.88. The lowest BCUT2D eigenvalue weighted by Crippen LogP contribution is -2.09. The van der Waals surface area contributed by atoms with Crippen molar-refractivity contribution in [1.29, 1.82) is 0 Å². The maximum Gasteiger partial charge on any atom is 0.339 e. The average molecular weight is 226 g/mol. The van der Waals surface area contributed by atoms with Gasteiger partial charge in [-0.2, -0.15) is 0 Å². The van der Waals surface area contributed by atoms with Crippen molar-refractivity contribution >= 4 is 17.7 Å². The molecule has 0 aliphatic heterocycles. The minimum Gasteiger partial charge on any atom is -0.490 e. The lowest BCUT2D eigenvalue weighted by atomic mass is 10.2. The Hall–Kier alpha value is -1.16. The molecule has 0 fully saturated rings. The smallest absolute Gasteiger partial charge is 0.339 e. The van der Waals surface area contributed by atoms with Crippen LogP contribution in [0.15, 0.2) is 23.1 Å². The van der Waals surface area contributed by atoms with Crippen molar-refractivity contribution in [2.45, 2.75) is 24.8 Å². The number of carbonyl (C=O) groups is 1. The van der Waals surface area contributed by atoms with Gasteiger partial charge in [0.25, 0.3) is 0 Å². The fourth-order valence-corrected chi connectivity index (χ4v) is 1.60. The van der Waals surface area contributed by atoms with E-state index in [2.05, 4.69) is 0 Å². The molecule has 0 bridgehead atoms. The fourth-order valence-electron chi connectivity index (χ4n) is 1.16. The third-order valence-corrected chi connectivity index (χ3v) is 2.51. The zero-order chi connectivity index (χ0) is 11.4. The average Bonchev–Trinajstić information content (AvgIpc) is 2.17. The summed E-state index contributed by atoms with van der Waals surface area (Å²) in [5.41, 5.74) is 0.218. The molecular weight excluding hydrogens is 212 g/mol. The quantitative estimate of drug-likeness (QED) is 0.802. The van der Waals surface area contributed by atoms with Crippen LogP contribution >= 0.6 is 11.8 Å². The van der Waals surface area contributed by atoms with E-state index in [9.17, 15) is 4.79 Å². The highest BCUT2D eigenvalue weighted by Crippen LogP contribution is 2.25. The van der Waals surface area contributed by atoms with Crippen LogP contribution in [0, 0.1) is 0 Å². The number of ether oxygens (including phenoxy) is 1. The van der Waals surface area contributed by atoms with Gasteiger partial charge in [0.15, 0.2) is 0 Å². The SMILES string of the molecule is CSc1ccc(OC(C)C)c(C(=O)O)c1. The van der Waals surface area contributed by atoms with Gasteiger partial charge in [0.1, 0.15) is 11.3 Å². The topological polar surface area (TPSA) is 46.5 Å². The molecule has 0 spiro atoms. The molecule has 15 heavy (non-hydrogen) atoms. The van der Waals surface area contributed by atoms with Crippen LogP contribution in [0.4, 0.5) is 0 Å². The highest BCUT2D eigenvalue weighted by atomic mass is 32.2. The Morgan fingerprint density at radius 1 is 1.47 bits per heavy atom. The molecular formula is C11H14O3S. The van der Waals surface area contributed by atoms with Crippen molar-refractivity contribution in [3.63, 3.8) is 0 Å². The zero-order valence-corrected chi connectivity index (χ0v) is 9.80. The highest BCUT2D eigenvalue weighted by Gasteiger charge is 2.12. The number of benzene rings is 1. The summed E-state index contributed by atoms with van der Waals surface area (Å²) >= 11 is 1.51. The van der Waals surface area contributed by atoms with E-state index in [-0.39, 0.29) is 11.7 Å². The van der Waals surface area contributed by atoms with Gasteiger partial charge in [0.2, 0.25) is 0 Å². The van der Waals surface area contributed by atoms with Crippen molar-refractivity contribution in [2.24, 2.45) is 0 Å². The van der Waals surface area contributed by atoms with Crippen LogP contribution in [0.3, 0.4) is 0 Å². The number of carboxylic acids is 1. The third kappa shape index (κ3) is 3.16. The van der Waals surface area contributed by atoms with Gasteiger partial charge in [-0.25, -0.2) is 4.79 Å². The molecule has 0 atom stereocenters. The maximum absolute atomic E-state index is 11.0. The monoisotopic (exact) mass is 226 g/mol. The summed E-state index contributed by atoms with van der Waals surface area (Å²) in [7, 11) is 0. The van der Waals surface area contributed by atoms with Crippen LogP contribution in [0.2, 0.25) is 0 Å². The van der Waals surface area contributed by atoms with Crippen molar-refractivity contribution in [1.82, 2.24) is 0 Å². The van der Waals surface area contributed by atoms with Crippen molar-refractivity contribution in [3.05, 3.63) is 23.8 Å². The first kappa shape index (κ1) is 11.9. The summed E-state index contributed by atoms with van der Waals surface area (Å²) in [6.45, 7) is 3.74. The van der Waals surface area contributed by atoms with E-state index in [4.69, 9.17) is 9.84 Å². The van der Waals surface area contributed by atoms with E-state index in [1.807, 2.05) is 26.2 Å². The van der Waals surface area contributed by atoms with Gasteiger partial charge in [-0.05, 0) is 38.3 Å². The molecule has 0 saturated heterocycles. The van der Waals surface area contributed by atoms with Gasteiger partial charge in [-0.1, -0.05) is 0 Å². The first-order valence-electron chi connectivity index (χ1n) is 4.62. The predicted octanol–water partition coefficient (Wildman–Crippen LogP) is 2.89. The summed E-state index contributed by atoms with van der Waals surface area (Å²) in [4.78, 5) is 11.9. The van der Waals surface area contributed by atoms with Gasteiger partial charge in [0.05, 0.1) is 6.10 Å². The zero-order valence-electron chi connectivity index (χ0n) is 8.98. The van der Waals surface area contributed by atoms with E-state index < -0.39 is 5.97 Å². The Balaban J connectivity index is 3.09. The predicted molar refractivity (Wildman–Crippen MR) is 60.9 cm³/mol. The summed E-state index contributed by atoms with van der Waals surface area (Å²) < 4.78 is 5.42. The minimum atomic E-state index is -0.957.